The van der Waals surface area contributed by atoms with Gasteiger partial charge in [0.05, 0.1) is 14.2 Å². The van der Waals surface area contributed by atoms with E-state index in [0.29, 0.717) is 11.3 Å². The maximum atomic E-state index is 12.9. The molecule has 4 heteroatoms. The van der Waals surface area contributed by atoms with Gasteiger partial charge in [0.2, 0.25) is 0 Å². The SMILES string of the molecule is O=Cc1ccc(Cl)c(I)c1F. The minimum absolute atomic E-state index is 0.0406. The molecule has 1 nitrogen and oxygen atoms in total. The van der Waals surface area contributed by atoms with Gasteiger partial charge in [-0.1, -0.05) is 11.6 Å². The molecule has 0 N–H and O–H groups in total. The van der Waals surface area contributed by atoms with Crippen molar-refractivity contribution in [1.29, 1.82) is 0 Å². The first-order valence-corrected chi connectivity index (χ1v) is 4.21. The molecule has 0 radical (unpaired) electrons. The van der Waals surface area contributed by atoms with Crippen molar-refractivity contribution in [2.24, 2.45) is 0 Å². The monoisotopic (exact) mass is 284 g/mol. The Labute approximate surface area is 81.7 Å². The lowest BCUT2D eigenvalue weighted by molar-refractivity contribution is 0.111. The van der Waals surface area contributed by atoms with E-state index in [0.717, 1.165) is 0 Å². The summed E-state index contributed by atoms with van der Waals surface area (Å²) in [6, 6.07) is 2.85. The average Bonchev–Trinajstić information content (AvgIpc) is 2.01. The molecule has 0 heterocycles. The van der Waals surface area contributed by atoms with E-state index in [9.17, 15) is 9.18 Å². The summed E-state index contributed by atoms with van der Waals surface area (Å²) in [5, 5.41) is 0.328. The van der Waals surface area contributed by atoms with Crippen molar-refractivity contribution in [1.82, 2.24) is 0 Å². The standard InChI is InChI=1S/C7H3ClFIO/c8-5-2-1-4(3-11)6(9)7(5)10/h1-3H. The molecule has 0 spiro atoms. The van der Waals surface area contributed by atoms with Crippen LogP contribution in [0.5, 0.6) is 0 Å². The second kappa shape index (κ2) is 3.49. The summed E-state index contributed by atoms with van der Waals surface area (Å²) in [7, 11) is 0. The number of aldehydes is 1. The molecular weight excluding hydrogens is 281 g/mol. The first-order valence-electron chi connectivity index (χ1n) is 2.75. The smallest absolute Gasteiger partial charge is 0.153 e. The van der Waals surface area contributed by atoms with E-state index in [2.05, 4.69) is 0 Å². The highest BCUT2D eigenvalue weighted by Gasteiger charge is 2.07. The van der Waals surface area contributed by atoms with Gasteiger partial charge in [0, 0.05) is 0 Å². The van der Waals surface area contributed by atoms with Gasteiger partial charge in [-0.05, 0) is 34.7 Å². The third-order valence-corrected chi connectivity index (χ3v) is 2.88. The summed E-state index contributed by atoms with van der Waals surface area (Å²) in [5.41, 5.74) is 0.0406. The molecule has 0 aliphatic rings. The van der Waals surface area contributed by atoms with Crippen molar-refractivity contribution in [3.8, 4) is 0 Å². The number of carbonyl (C=O) groups excluding carboxylic acids is 1. The Morgan fingerprint density at radius 3 is 2.73 bits per heavy atom. The molecule has 0 amide bonds. The molecule has 0 aliphatic carbocycles. The van der Waals surface area contributed by atoms with Gasteiger partial charge in [0.15, 0.2) is 6.29 Å². The Morgan fingerprint density at radius 1 is 1.55 bits per heavy atom. The van der Waals surface area contributed by atoms with Gasteiger partial charge in [0.1, 0.15) is 5.82 Å². The van der Waals surface area contributed by atoms with Crippen molar-refractivity contribution in [3.05, 3.63) is 32.1 Å². The van der Waals surface area contributed by atoms with E-state index in [1.807, 2.05) is 0 Å². The largest absolute Gasteiger partial charge is 0.298 e. The van der Waals surface area contributed by atoms with E-state index < -0.39 is 5.82 Å². The summed E-state index contributed by atoms with van der Waals surface area (Å²) in [5.74, 6) is -0.548. The normalized spacial score (nSPS) is 9.73. The highest BCUT2D eigenvalue weighted by atomic mass is 127. The van der Waals surface area contributed by atoms with E-state index in [-0.39, 0.29) is 9.13 Å². The van der Waals surface area contributed by atoms with Gasteiger partial charge in [0.25, 0.3) is 0 Å². The second-order valence-corrected chi connectivity index (χ2v) is 3.37. The molecule has 11 heavy (non-hydrogen) atoms. The van der Waals surface area contributed by atoms with Crippen molar-refractivity contribution in [2.45, 2.75) is 0 Å². The molecule has 0 atom stereocenters. The lowest BCUT2D eigenvalue weighted by Crippen LogP contribution is -1.91. The Bertz CT molecular complexity index is 301. The fourth-order valence-corrected chi connectivity index (χ4v) is 1.27. The Hall–Kier alpha value is -0.160. The summed E-state index contributed by atoms with van der Waals surface area (Å²) >= 11 is 7.33. The molecule has 0 saturated carbocycles. The maximum Gasteiger partial charge on any atom is 0.153 e. The Balaban J connectivity index is 3.36. The molecule has 1 aromatic carbocycles. The van der Waals surface area contributed by atoms with Gasteiger partial charge in [-0.25, -0.2) is 4.39 Å². The second-order valence-electron chi connectivity index (χ2n) is 1.88. The van der Waals surface area contributed by atoms with Crippen LogP contribution in [0.25, 0.3) is 0 Å². The van der Waals surface area contributed by atoms with Crippen molar-refractivity contribution in [3.63, 3.8) is 0 Å². The van der Waals surface area contributed by atoms with Crippen LogP contribution in [-0.2, 0) is 0 Å². The number of hydrogen-bond donors (Lipinski definition) is 0. The fourth-order valence-electron chi connectivity index (χ4n) is 0.632. The molecular formula is C7H3ClFIO. The van der Waals surface area contributed by atoms with Crippen molar-refractivity contribution < 1.29 is 9.18 Å². The Morgan fingerprint density at radius 2 is 2.18 bits per heavy atom. The van der Waals surface area contributed by atoms with Crippen LogP contribution in [0.3, 0.4) is 0 Å². The van der Waals surface area contributed by atoms with Crippen LogP contribution in [0, 0.1) is 9.39 Å². The molecule has 0 saturated heterocycles. The zero-order valence-electron chi connectivity index (χ0n) is 5.27. The summed E-state index contributed by atoms with van der Waals surface area (Å²) in [6.07, 6.45) is 0.466. The van der Waals surface area contributed by atoms with E-state index in [4.69, 9.17) is 11.6 Å². The summed E-state index contributed by atoms with van der Waals surface area (Å²) < 4.78 is 13.2. The molecule has 0 aromatic heterocycles. The summed E-state index contributed by atoms with van der Waals surface area (Å²) in [6.45, 7) is 0. The third kappa shape index (κ3) is 1.70. The van der Waals surface area contributed by atoms with Gasteiger partial charge in [-0.15, -0.1) is 0 Å². The van der Waals surface area contributed by atoms with Crippen LogP contribution in [0.15, 0.2) is 12.1 Å². The number of halogens is 3. The van der Waals surface area contributed by atoms with Crippen molar-refractivity contribution in [2.75, 3.05) is 0 Å². The van der Waals surface area contributed by atoms with Crippen molar-refractivity contribution >= 4 is 40.5 Å². The number of hydrogen-bond acceptors (Lipinski definition) is 1. The van der Waals surface area contributed by atoms with Gasteiger partial charge in [-0.2, -0.15) is 0 Å². The lowest BCUT2D eigenvalue weighted by atomic mass is 10.2. The number of rotatable bonds is 1. The van der Waals surface area contributed by atoms with Crippen LogP contribution in [-0.4, -0.2) is 6.29 Å². The van der Waals surface area contributed by atoms with E-state index in [1.165, 1.54) is 12.1 Å². The first kappa shape index (κ1) is 8.93. The van der Waals surface area contributed by atoms with Gasteiger partial charge >= 0.3 is 0 Å². The molecule has 0 unspecified atom stereocenters. The maximum absolute atomic E-state index is 12.9. The molecule has 1 aromatic rings. The number of carbonyl (C=O) groups is 1. The van der Waals surface area contributed by atoms with Crippen LogP contribution in [0.4, 0.5) is 4.39 Å². The van der Waals surface area contributed by atoms with Crippen LogP contribution >= 0.6 is 34.2 Å². The van der Waals surface area contributed by atoms with E-state index in [1.54, 1.807) is 22.6 Å². The number of benzene rings is 1. The predicted molar refractivity (Wildman–Crippen MR) is 49.5 cm³/mol. The van der Waals surface area contributed by atoms with Gasteiger partial charge < -0.3 is 0 Å². The first-order chi connectivity index (χ1) is 5.16. The molecule has 58 valence electrons. The lowest BCUT2D eigenvalue weighted by Gasteiger charge is -1.98. The minimum atomic E-state index is -0.548. The molecule has 0 fully saturated rings. The third-order valence-electron chi connectivity index (χ3n) is 1.19. The molecule has 0 bridgehead atoms. The fraction of sp³-hybridized carbons (Fsp3) is 0. The highest BCUT2D eigenvalue weighted by molar-refractivity contribution is 14.1. The minimum Gasteiger partial charge on any atom is -0.298 e. The zero-order valence-corrected chi connectivity index (χ0v) is 8.19. The Kier molecular flexibility index (Phi) is 2.84. The molecule has 1 rings (SSSR count). The quantitative estimate of drug-likeness (QED) is 0.440. The van der Waals surface area contributed by atoms with Crippen LogP contribution in [0.2, 0.25) is 5.02 Å². The predicted octanol–water partition coefficient (Wildman–Crippen LogP) is 2.90. The van der Waals surface area contributed by atoms with E-state index >= 15 is 0 Å². The van der Waals surface area contributed by atoms with Crippen LogP contribution < -0.4 is 0 Å². The highest BCUT2D eigenvalue weighted by Crippen LogP contribution is 2.22. The van der Waals surface area contributed by atoms with Crippen LogP contribution in [0.1, 0.15) is 10.4 Å². The summed E-state index contributed by atoms with van der Waals surface area (Å²) in [4.78, 5) is 10.2. The van der Waals surface area contributed by atoms with Gasteiger partial charge in [-0.3, -0.25) is 4.79 Å². The molecule has 0 aliphatic heterocycles. The topological polar surface area (TPSA) is 17.1 Å². The average molecular weight is 284 g/mol. The zero-order chi connectivity index (χ0) is 8.43.